The van der Waals surface area contributed by atoms with Crippen LogP contribution in [0.25, 0.3) is 0 Å². The van der Waals surface area contributed by atoms with Gasteiger partial charge in [0, 0.05) is 24.7 Å². The molecule has 8 heteroatoms. The van der Waals surface area contributed by atoms with Crippen molar-refractivity contribution in [2.24, 2.45) is 11.8 Å². The van der Waals surface area contributed by atoms with Gasteiger partial charge in [0.15, 0.2) is 9.84 Å². The van der Waals surface area contributed by atoms with Crippen molar-refractivity contribution in [1.82, 2.24) is 0 Å². The highest BCUT2D eigenvalue weighted by atomic mass is 32.2. The van der Waals surface area contributed by atoms with Gasteiger partial charge in [-0.25, -0.2) is 17.2 Å². The van der Waals surface area contributed by atoms with E-state index in [1.54, 1.807) is 6.07 Å². The first-order chi connectivity index (χ1) is 11.7. The van der Waals surface area contributed by atoms with E-state index in [0.717, 1.165) is 18.4 Å². The van der Waals surface area contributed by atoms with Crippen LogP contribution in [-0.4, -0.2) is 32.1 Å². The number of sulfone groups is 1. The van der Waals surface area contributed by atoms with Crippen molar-refractivity contribution in [2.45, 2.75) is 18.7 Å². The van der Waals surface area contributed by atoms with Crippen molar-refractivity contribution >= 4 is 9.84 Å². The molecule has 0 aliphatic heterocycles. The number of alkyl halides is 1. The Hall–Kier alpha value is -2.24. The average Bonchev–Trinajstić information content (AvgIpc) is 2.81. The lowest BCUT2D eigenvalue weighted by Crippen LogP contribution is -2.31. The van der Waals surface area contributed by atoms with Gasteiger partial charge >= 0.3 is 0 Å². The number of benzene rings is 1. The number of hydrogen-bond acceptors (Lipinski definition) is 5. The summed E-state index contributed by atoms with van der Waals surface area (Å²) in [5, 5.41) is 19.0. The van der Waals surface area contributed by atoms with Gasteiger partial charge in [0.25, 0.3) is 0 Å². The van der Waals surface area contributed by atoms with Crippen LogP contribution >= 0.6 is 0 Å². The normalized spacial score (nSPS) is 28.6. The summed E-state index contributed by atoms with van der Waals surface area (Å²) < 4.78 is 57.3. The Labute approximate surface area is 143 Å². The summed E-state index contributed by atoms with van der Waals surface area (Å²) in [6.07, 6.45) is 0.724. The fourth-order valence-corrected chi connectivity index (χ4v) is 4.50. The Kier molecular flexibility index (Phi) is 4.39. The highest BCUT2D eigenvalue weighted by molar-refractivity contribution is 7.94. The number of rotatable bonds is 3. The van der Waals surface area contributed by atoms with Crippen molar-refractivity contribution in [3.63, 3.8) is 0 Å². The molecule has 2 aliphatic carbocycles. The first kappa shape index (κ1) is 17.6. The molecule has 0 heterocycles. The zero-order valence-corrected chi connectivity index (χ0v) is 14.0. The number of nitrogens with zero attached hydrogens (tertiary/aromatic N) is 1. The van der Waals surface area contributed by atoms with Crippen molar-refractivity contribution in [1.29, 1.82) is 5.26 Å². The van der Waals surface area contributed by atoms with Crippen LogP contribution in [0.2, 0.25) is 0 Å². The summed E-state index contributed by atoms with van der Waals surface area (Å²) >= 11 is 0. The minimum absolute atomic E-state index is 0.00588. The van der Waals surface area contributed by atoms with Gasteiger partial charge in [0.1, 0.15) is 23.5 Å². The molecule has 0 radical (unpaired) electrons. The topological polar surface area (TPSA) is 87.4 Å². The number of nitriles is 1. The lowest BCUT2D eigenvalue weighted by Gasteiger charge is -2.29. The molecule has 5 nitrogen and oxygen atoms in total. The second kappa shape index (κ2) is 6.24. The van der Waals surface area contributed by atoms with Gasteiger partial charge < -0.3 is 9.84 Å². The maximum Gasteiger partial charge on any atom is 0.172 e. The summed E-state index contributed by atoms with van der Waals surface area (Å²) in [6, 6.07) is 5.17. The van der Waals surface area contributed by atoms with E-state index in [2.05, 4.69) is 0 Å². The number of allylic oxidation sites excluding steroid dienone is 3. The summed E-state index contributed by atoms with van der Waals surface area (Å²) in [5.41, 5.74) is 0.0404. The molecule has 25 heavy (non-hydrogen) atoms. The molecule has 4 atom stereocenters. The highest BCUT2D eigenvalue weighted by Gasteiger charge is 2.50. The van der Waals surface area contributed by atoms with E-state index in [9.17, 15) is 22.3 Å². The molecule has 0 aromatic heterocycles. The maximum atomic E-state index is 14.4. The minimum atomic E-state index is -3.62. The Morgan fingerprint density at radius 2 is 2.00 bits per heavy atom. The third-order valence-corrected chi connectivity index (χ3v) is 5.66. The third kappa shape index (κ3) is 3.30. The number of halogens is 2. The van der Waals surface area contributed by atoms with Gasteiger partial charge in [-0.05, 0) is 24.3 Å². The maximum absolute atomic E-state index is 14.4. The summed E-state index contributed by atoms with van der Waals surface area (Å²) in [6.45, 7) is 0. The largest absolute Gasteiger partial charge is 0.461 e. The molecule has 1 aromatic carbocycles. The molecule has 3 rings (SSSR count). The van der Waals surface area contributed by atoms with Gasteiger partial charge in [-0.2, -0.15) is 5.26 Å². The van der Waals surface area contributed by atoms with Crippen molar-refractivity contribution in [2.75, 3.05) is 6.26 Å². The van der Waals surface area contributed by atoms with Crippen LogP contribution in [0.1, 0.15) is 12.0 Å². The van der Waals surface area contributed by atoms with Crippen LogP contribution in [0.15, 0.2) is 41.0 Å². The van der Waals surface area contributed by atoms with Crippen LogP contribution in [0.4, 0.5) is 8.78 Å². The second-order valence-electron chi connectivity index (χ2n) is 6.17. The SMILES string of the molecule is CS(=O)(=O)C1=CC=C(Oc2cc(F)cc(C#N)c2)C2C1[C@H](O)C[C@@H]2F. The molecular formula is C17H15F2NO4S. The predicted octanol–water partition coefficient (Wildman–Crippen LogP) is 2.24. The van der Waals surface area contributed by atoms with E-state index < -0.39 is 39.8 Å². The van der Waals surface area contributed by atoms with E-state index in [-0.39, 0.29) is 28.4 Å². The molecule has 1 saturated carbocycles. The summed E-state index contributed by atoms with van der Waals surface area (Å²) in [5.74, 6) is -2.52. The van der Waals surface area contributed by atoms with Crippen LogP contribution in [0, 0.1) is 29.0 Å². The predicted molar refractivity (Wildman–Crippen MR) is 85.3 cm³/mol. The molecule has 1 aromatic rings. The Bertz CT molecular complexity index is 917. The van der Waals surface area contributed by atoms with E-state index in [4.69, 9.17) is 10.00 Å². The van der Waals surface area contributed by atoms with Gasteiger partial charge in [-0.3, -0.25) is 0 Å². The molecule has 1 N–H and O–H groups in total. The van der Waals surface area contributed by atoms with Gasteiger partial charge in [-0.15, -0.1) is 0 Å². The van der Waals surface area contributed by atoms with Crippen molar-refractivity contribution in [3.05, 3.63) is 52.4 Å². The second-order valence-corrected chi connectivity index (χ2v) is 8.19. The molecule has 2 unspecified atom stereocenters. The molecule has 1 fully saturated rings. The Balaban J connectivity index is 2.02. The highest BCUT2D eigenvalue weighted by Crippen LogP contribution is 2.47. The summed E-state index contributed by atoms with van der Waals surface area (Å²) in [7, 11) is -3.62. The van der Waals surface area contributed by atoms with Crippen LogP contribution in [-0.2, 0) is 9.84 Å². The van der Waals surface area contributed by atoms with E-state index in [0.29, 0.717) is 0 Å². The van der Waals surface area contributed by atoms with Gasteiger partial charge in [-0.1, -0.05) is 0 Å². The Morgan fingerprint density at radius 1 is 1.28 bits per heavy atom. The molecule has 0 saturated heterocycles. The number of hydrogen-bond donors (Lipinski definition) is 1. The van der Waals surface area contributed by atoms with Crippen LogP contribution < -0.4 is 4.74 Å². The first-order valence-electron chi connectivity index (χ1n) is 7.53. The zero-order chi connectivity index (χ0) is 18.4. The molecule has 132 valence electrons. The van der Waals surface area contributed by atoms with E-state index in [1.807, 2.05) is 0 Å². The average molecular weight is 367 g/mol. The number of ether oxygens (including phenoxy) is 1. The number of aliphatic hydroxyl groups excluding tert-OH is 1. The summed E-state index contributed by atoms with van der Waals surface area (Å²) in [4.78, 5) is -0.0468. The fraction of sp³-hybridized carbons (Fsp3) is 0.353. The molecular weight excluding hydrogens is 352 g/mol. The molecule has 0 amide bonds. The fourth-order valence-electron chi connectivity index (χ4n) is 3.39. The van der Waals surface area contributed by atoms with Crippen LogP contribution in [0.3, 0.4) is 0 Å². The Morgan fingerprint density at radius 3 is 2.64 bits per heavy atom. The standard InChI is InChI=1S/C17H15F2NO4S/c1-25(22,23)15-3-2-14(16-12(19)7-13(21)17(15)16)24-11-5-9(8-20)4-10(18)6-11/h2-6,12-13,16-17,21H,7H2,1H3/t12-,13+,16?,17?/m0/s1. The van der Waals surface area contributed by atoms with Crippen LogP contribution in [0.5, 0.6) is 5.75 Å². The van der Waals surface area contributed by atoms with Gasteiger partial charge in [0.2, 0.25) is 0 Å². The molecule has 0 bridgehead atoms. The van der Waals surface area contributed by atoms with E-state index >= 15 is 0 Å². The van der Waals surface area contributed by atoms with Crippen molar-refractivity contribution in [3.8, 4) is 11.8 Å². The number of aliphatic hydroxyl groups is 1. The first-order valence-corrected chi connectivity index (χ1v) is 9.42. The lowest BCUT2D eigenvalue weighted by molar-refractivity contribution is 0.136. The van der Waals surface area contributed by atoms with Gasteiger partial charge in [0.05, 0.1) is 28.6 Å². The van der Waals surface area contributed by atoms with E-state index in [1.165, 1.54) is 18.2 Å². The quantitative estimate of drug-likeness (QED) is 0.885. The molecule has 0 spiro atoms. The van der Waals surface area contributed by atoms with Crippen molar-refractivity contribution < 1.29 is 27.0 Å². The molecule has 2 aliphatic rings. The number of fused-ring (bicyclic) bond motifs is 1. The smallest absolute Gasteiger partial charge is 0.172 e. The zero-order valence-electron chi connectivity index (χ0n) is 13.2. The lowest BCUT2D eigenvalue weighted by atomic mass is 9.88. The monoisotopic (exact) mass is 367 g/mol. The minimum Gasteiger partial charge on any atom is -0.461 e. The third-order valence-electron chi connectivity index (χ3n) is 4.39.